The van der Waals surface area contributed by atoms with Crippen LogP contribution in [0.4, 0.5) is 0 Å². The predicted molar refractivity (Wildman–Crippen MR) is 98.4 cm³/mol. The molecule has 26 heavy (non-hydrogen) atoms. The predicted octanol–water partition coefficient (Wildman–Crippen LogP) is 3.00. The Morgan fingerprint density at radius 1 is 0.846 bits per heavy atom. The molecule has 6 heteroatoms. The van der Waals surface area contributed by atoms with Crippen molar-refractivity contribution in [3.8, 4) is 22.6 Å². The van der Waals surface area contributed by atoms with Gasteiger partial charge in [0.2, 0.25) is 0 Å². The van der Waals surface area contributed by atoms with Gasteiger partial charge in [0.15, 0.2) is 13.6 Å². The van der Waals surface area contributed by atoms with E-state index < -0.39 is 0 Å². The largest absolute Gasteiger partial charge is 0.467 e. The van der Waals surface area contributed by atoms with Crippen LogP contribution in [-0.2, 0) is 27.2 Å². The molecule has 0 fully saturated rings. The lowest BCUT2D eigenvalue weighted by Gasteiger charge is -2.19. The van der Waals surface area contributed by atoms with Gasteiger partial charge in [-0.1, -0.05) is 24.3 Å². The van der Waals surface area contributed by atoms with Gasteiger partial charge in [0.1, 0.15) is 11.5 Å². The van der Waals surface area contributed by atoms with E-state index in [0.29, 0.717) is 24.5 Å². The van der Waals surface area contributed by atoms with Crippen molar-refractivity contribution >= 4 is 0 Å². The summed E-state index contributed by atoms with van der Waals surface area (Å²) in [6.45, 7) is 0.725. The first-order valence-electron chi connectivity index (χ1n) is 8.33. The zero-order valence-corrected chi connectivity index (χ0v) is 15.5. The lowest BCUT2D eigenvalue weighted by Crippen LogP contribution is -2.07. The number of rotatable bonds is 11. The lowest BCUT2D eigenvalue weighted by molar-refractivity contribution is 0.0462. The van der Waals surface area contributed by atoms with Crippen LogP contribution >= 0.6 is 0 Å². The van der Waals surface area contributed by atoms with Crippen LogP contribution in [0.3, 0.4) is 0 Å². The van der Waals surface area contributed by atoms with E-state index in [1.165, 1.54) is 0 Å². The Balaban J connectivity index is 2.59. The van der Waals surface area contributed by atoms with Crippen molar-refractivity contribution < 1.29 is 28.8 Å². The molecule has 0 aliphatic heterocycles. The standard InChI is InChI=1S/C20H26O6/c1-22-9-8-15-10-17(25-13-23-2)11-19(26-14-24-3)20(15)18-7-5-4-6-16(18)12-21/h4-7,10-11,21H,8-9,12-14H2,1-3H3. The Morgan fingerprint density at radius 2 is 1.58 bits per heavy atom. The molecule has 0 atom stereocenters. The number of hydrogen-bond donors (Lipinski definition) is 1. The minimum Gasteiger partial charge on any atom is -0.467 e. The summed E-state index contributed by atoms with van der Waals surface area (Å²) in [4.78, 5) is 0. The maximum Gasteiger partial charge on any atom is 0.188 e. The van der Waals surface area contributed by atoms with Crippen LogP contribution in [0, 0.1) is 0 Å². The van der Waals surface area contributed by atoms with Crippen molar-refractivity contribution in [1.82, 2.24) is 0 Å². The zero-order chi connectivity index (χ0) is 18.8. The number of ether oxygens (including phenoxy) is 5. The molecule has 0 heterocycles. The van der Waals surface area contributed by atoms with Gasteiger partial charge in [0.25, 0.3) is 0 Å². The minimum absolute atomic E-state index is 0.0640. The third kappa shape index (κ3) is 5.19. The highest BCUT2D eigenvalue weighted by Gasteiger charge is 2.17. The number of aliphatic hydroxyl groups is 1. The number of benzene rings is 2. The van der Waals surface area contributed by atoms with Gasteiger partial charge in [0.05, 0.1) is 13.2 Å². The van der Waals surface area contributed by atoms with E-state index >= 15 is 0 Å². The molecule has 0 radical (unpaired) electrons. The second-order valence-electron chi connectivity index (χ2n) is 5.62. The summed E-state index contributed by atoms with van der Waals surface area (Å²) in [6.07, 6.45) is 0.666. The molecule has 142 valence electrons. The third-order valence-electron chi connectivity index (χ3n) is 3.87. The van der Waals surface area contributed by atoms with Crippen molar-refractivity contribution in [2.45, 2.75) is 13.0 Å². The van der Waals surface area contributed by atoms with Gasteiger partial charge in [-0.3, -0.25) is 0 Å². The van der Waals surface area contributed by atoms with E-state index in [9.17, 15) is 5.11 Å². The van der Waals surface area contributed by atoms with Gasteiger partial charge in [-0.05, 0) is 29.2 Å². The Morgan fingerprint density at radius 3 is 2.27 bits per heavy atom. The molecule has 2 aromatic carbocycles. The average Bonchev–Trinajstić information content (AvgIpc) is 2.68. The summed E-state index contributed by atoms with van der Waals surface area (Å²) >= 11 is 0. The first-order valence-corrected chi connectivity index (χ1v) is 8.33. The van der Waals surface area contributed by atoms with Crippen molar-refractivity contribution in [2.24, 2.45) is 0 Å². The Hall–Kier alpha value is -2.12. The summed E-state index contributed by atoms with van der Waals surface area (Å²) in [5.41, 5.74) is 3.62. The highest BCUT2D eigenvalue weighted by atomic mass is 16.7. The second-order valence-corrected chi connectivity index (χ2v) is 5.62. The monoisotopic (exact) mass is 362 g/mol. The normalized spacial score (nSPS) is 10.8. The fourth-order valence-corrected chi connectivity index (χ4v) is 2.71. The number of aliphatic hydroxyl groups excluding tert-OH is 1. The molecule has 0 unspecified atom stereocenters. The van der Waals surface area contributed by atoms with Crippen LogP contribution in [-0.4, -0.2) is 46.6 Å². The van der Waals surface area contributed by atoms with E-state index in [1.54, 1.807) is 27.4 Å². The summed E-state index contributed by atoms with van der Waals surface area (Å²) in [6, 6.07) is 11.4. The summed E-state index contributed by atoms with van der Waals surface area (Å²) in [7, 11) is 4.80. The second kappa shape index (κ2) is 10.8. The molecular formula is C20H26O6. The molecule has 0 aromatic heterocycles. The smallest absolute Gasteiger partial charge is 0.188 e. The van der Waals surface area contributed by atoms with Crippen LogP contribution in [0.25, 0.3) is 11.1 Å². The van der Waals surface area contributed by atoms with Crippen LogP contribution in [0.5, 0.6) is 11.5 Å². The van der Waals surface area contributed by atoms with E-state index in [1.807, 2.05) is 30.3 Å². The quantitative estimate of drug-likeness (QED) is 0.620. The van der Waals surface area contributed by atoms with E-state index in [0.717, 1.165) is 22.3 Å². The molecular weight excluding hydrogens is 336 g/mol. The van der Waals surface area contributed by atoms with E-state index in [-0.39, 0.29) is 20.2 Å². The van der Waals surface area contributed by atoms with Crippen LogP contribution in [0.15, 0.2) is 36.4 Å². The number of hydrogen-bond acceptors (Lipinski definition) is 6. The van der Waals surface area contributed by atoms with Crippen LogP contribution < -0.4 is 9.47 Å². The lowest BCUT2D eigenvalue weighted by atomic mass is 9.93. The Labute approximate surface area is 154 Å². The summed E-state index contributed by atoms with van der Waals surface area (Å²) < 4.78 is 26.7. The van der Waals surface area contributed by atoms with Gasteiger partial charge >= 0.3 is 0 Å². The molecule has 1 N–H and O–H groups in total. The first-order chi connectivity index (χ1) is 12.7. The third-order valence-corrected chi connectivity index (χ3v) is 3.87. The number of methoxy groups -OCH3 is 3. The van der Waals surface area contributed by atoms with Crippen molar-refractivity contribution in [3.05, 3.63) is 47.5 Å². The van der Waals surface area contributed by atoms with Crippen LogP contribution in [0.2, 0.25) is 0 Å². The maximum absolute atomic E-state index is 9.75. The first kappa shape index (κ1) is 20.2. The molecule has 0 spiro atoms. The highest BCUT2D eigenvalue weighted by Crippen LogP contribution is 2.39. The SMILES string of the molecule is COCCc1cc(OCOC)cc(OCOC)c1-c1ccccc1CO. The molecule has 2 aromatic rings. The molecule has 0 saturated heterocycles. The van der Waals surface area contributed by atoms with E-state index in [2.05, 4.69) is 0 Å². The van der Waals surface area contributed by atoms with Crippen molar-refractivity contribution in [1.29, 1.82) is 0 Å². The van der Waals surface area contributed by atoms with Crippen molar-refractivity contribution in [3.63, 3.8) is 0 Å². The summed E-state index contributed by atoms with van der Waals surface area (Å²) in [5.74, 6) is 1.25. The maximum atomic E-state index is 9.75. The molecule has 0 aliphatic carbocycles. The van der Waals surface area contributed by atoms with Gasteiger partial charge in [-0.15, -0.1) is 0 Å². The fourth-order valence-electron chi connectivity index (χ4n) is 2.71. The molecule has 0 saturated carbocycles. The average molecular weight is 362 g/mol. The molecule has 0 amide bonds. The molecule has 2 rings (SSSR count). The van der Waals surface area contributed by atoms with Crippen LogP contribution in [0.1, 0.15) is 11.1 Å². The van der Waals surface area contributed by atoms with E-state index in [4.69, 9.17) is 23.7 Å². The fraction of sp³-hybridized carbons (Fsp3) is 0.400. The van der Waals surface area contributed by atoms with Gasteiger partial charge in [-0.2, -0.15) is 0 Å². The topological polar surface area (TPSA) is 66.4 Å². The molecule has 6 nitrogen and oxygen atoms in total. The van der Waals surface area contributed by atoms with Gasteiger partial charge in [0, 0.05) is 33.0 Å². The highest BCUT2D eigenvalue weighted by molar-refractivity contribution is 5.78. The summed E-state index contributed by atoms with van der Waals surface area (Å²) in [5, 5.41) is 9.75. The Bertz CT molecular complexity index is 657. The van der Waals surface area contributed by atoms with Gasteiger partial charge in [-0.25, -0.2) is 0 Å². The zero-order valence-electron chi connectivity index (χ0n) is 15.5. The minimum atomic E-state index is -0.0640. The molecule has 0 aliphatic rings. The Kier molecular flexibility index (Phi) is 8.37. The van der Waals surface area contributed by atoms with Crippen molar-refractivity contribution in [2.75, 3.05) is 41.5 Å². The van der Waals surface area contributed by atoms with Gasteiger partial charge < -0.3 is 28.8 Å². The molecule has 0 bridgehead atoms.